The Balaban J connectivity index is 1.79. The van der Waals surface area contributed by atoms with Crippen LogP contribution in [0.15, 0.2) is 29.2 Å². The van der Waals surface area contributed by atoms with Crippen LogP contribution in [-0.4, -0.2) is 36.7 Å². The van der Waals surface area contributed by atoms with E-state index >= 15 is 0 Å². The highest BCUT2D eigenvalue weighted by Gasteiger charge is 2.16. The van der Waals surface area contributed by atoms with Crippen LogP contribution in [-0.2, 0) is 11.3 Å². The maximum Gasteiger partial charge on any atom is 0.232 e. The molecule has 19 heavy (non-hydrogen) atoms. The molecule has 104 valence electrons. The first kappa shape index (κ1) is 14.4. The Kier molecular flexibility index (Phi) is 5.73. The Bertz CT molecular complexity index is 399. The monoisotopic (exact) mass is 278 g/mol. The molecule has 1 fully saturated rings. The van der Waals surface area contributed by atoms with Gasteiger partial charge in [0.2, 0.25) is 5.91 Å². The summed E-state index contributed by atoms with van der Waals surface area (Å²) in [6.45, 7) is 2.78. The Hall–Kier alpha value is -1.00. The first-order valence-corrected chi connectivity index (χ1v) is 7.92. The zero-order chi connectivity index (χ0) is 13.5. The number of benzene rings is 1. The molecule has 0 radical (unpaired) electrons. The predicted octanol–water partition coefficient (Wildman–Crippen LogP) is 2.51. The molecule has 1 saturated heterocycles. The first-order valence-electron chi connectivity index (χ1n) is 6.94. The minimum absolute atomic E-state index is 0.281. The number of carbonyl (C=O) groups is 1. The van der Waals surface area contributed by atoms with Crippen LogP contribution in [0.3, 0.4) is 0 Å². The van der Waals surface area contributed by atoms with Crippen molar-refractivity contribution in [2.24, 2.45) is 0 Å². The summed E-state index contributed by atoms with van der Waals surface area (Å²) in [5.74, 6) is 0.842. The van der Waals surface area contributed by atoms with Crippen LogP contribution in [0.2, 0.25) is 0 Å². The van der Waals surface area contributed by atoms with Gasteiger partial charge in [0, 0.05) is 24.5 Å². The minimum atomic E-state index is 0.281. The molecule has 1 aliphatic heterocycles. The lowest BCUT2D eigenvalue weighted by atomic mass is 10.1. The second-order valence-corrected chi connectivity index (χ2v) is 5.95. The fraction of sp³-hybridized carbons (Fsp3) is 0.533. The van der Waals surface area contributed by atoms with Crippen molar-refractivity contribution in [3.8, 4) is 0 Å². The summed E-state index contributed by atoms with van der Waals surface area (Å²) < 4.78 is 0. The van der Waals surface area contributed by atoms with E-state index in [2.05, 4.69) is 29.6 Å². The van der Waals surface area contributed by atoms with Crippen LogP contribution in [0.1, 0.15) is 24.8 Å². The third-order valence-corrected chi connectivity index (χ3v) is 4.37. The molecule has 1 aromatic carbocycles. The zero-order valence-corrected chi connectivity index (χ0v) is 12.3. The Morgan fingerprint density at radius 1 is 1.21 bits per heavy atom. The number of nitrogens with one attached hydrogen (secondary N) is 1. The molecule has 1 N–H and O–H groups in total. The van der Waals surface area contributed by atoms with Gasteiger partial charge in [-0.2, -0.15) is 0 Å². The van der Waals surface area contributed by atoms with Crippen LogP contribution in [0.5, 0.6) is 0 Å². The highest BCUT2D eigenvalue weighted by Crippen LogP contribution is 2.20. The van der Waals surface area contributed by atoms with Crippen molar-refractivity contribution in [3.63, 3.8) is 0 Å². The van der Waals surface area contributed by atoms with Gasteiger partial charge in [-0.25, -0.2) is 0 Å². The molecule has 1 aliphatic rings. The summed E-state index contributed by atoms with van der Waals surface area (Å²) in [6.07, 6.45) is 3.59. The Morgan fingerprint density at radius 3 is 2.53 bits per heavy atom. The van der Waals surface area contributed by atoms with Crippen LogP contribution >= 0.6 is 11.8 Å². The maximum absolute atomic E-state index is 12.0. The molecule has 1 heterocycles. The third-order valence-electron chi connectivity index (χ3n) is 3.38. The van der Waals surface area contributed by atoms with E-state index in [0.717, 1.165) is 32.5 Å². The van der Waals surface area contributed by atoms with E-state index in [1.54, 1.807) is 11.8 Å². The van der Waals surface area contributed by atoms with Gasteiger partial charge >= 0.3 is 0 Å². The number of carbonyl (C=O) groups excluding carboxylic acids is 1. The smallest absolute Gasteiger partial charge is 0.232 e. The summed E-state index contributed by atoms with van der Waals surface area (Å²) in [5.41, 5.74) is 1.27. The summed E-state index contributed by atoms with van der Waals surface area (Å²) in [4.78, 5) is 15.2. The fourth-order valence-corrected chi connectivity index (χ4v) is 3.09. The number of thioether (sulfide) groups is 1. The average Bonchev–Trinajstić information content (AvgIpc) is 2.47. The minimum Gasteiger partial charge on any atom is -0.342 e. The van der Waals surface area contributed by atoms with Crippen molar-refractivity contribution >= 4 is 17.7 Å². The summed E-state index contributed by atoms with van der Waals surface area (Å²) in [5, 5.41) is 3.13. The van der Waals surface area contributed by atoms with Crippen molar-refractivity contribution in [1.29, 1.82) is 0 Å². The van der Waals surface area contributed by atoms with E-state index in [4.69, 9.17) is 0 Å². The van der Waals surface area contributed by atoms with Crippen molar-refractivity contribution in [3.05, 3.63) is 29.8 Å². The third kappa shape index (κ3) is 4.55. The molecule has 0 aliphatic carbocycles. The molecule has 0 unspecified atom stereocenters. The fourth-order valence-electron chi connectivity index (χ4n) is 2.29. The summed E-state index contributed by atoms with van der Waals surface area (Å²) in [7, 11) is 1.94. The van der Waals surface area contributed by atoms with Crippen molar-refractivity contribution < 1.29 is 4.79 Å². The standard InChI is InChI=1S/C15H22N2OS/c1-16-11-13-5-7-14(8-6-13)19-12-15(18)17-9-3-2-4-10-17/h5-8,16H,2-4,9-12H2,1H3. The summed E-state index contributed by atoms with van der Waals surface area (Å²) in [6, 6.07) is 8.43. The van der Waals surface area contributed by atoms with Gasteiger partial charge in [0.1, 0.15) is 0 Å². The largest absolute Gasteiger partial charge is 0.342 e. The second-order valence-electron chi connectivity index (χ2n) is 4.90. The Labute approximate surface area is 119 Å². The van der Waals surface area contributed by atoms with Crippen molar-refractivity contribution in [1.82, 2.24) is 10.2 Å². The van der Waals surface area contributed by atoms with Crippen LogP contribution < -0.4 is 5.32 Å². The van der Waals surface area contributed by atoms with E-state index in [1.807, 2.05) is 11.9 Å². The number of nitrogens with zero attached hydrogens (tertiary/aromatic N) is 1. The second kappa shape index (κ2) is 7.56. The van der Waals surface area contributed by atoms with Crippen molar-refractivity contribution in [2.75, 3.05) is 25.9 Å². The van der Waals surface area contributed by atoms with Crippen molar-refractivity contribution in [2.45, 2.75) is 30.7 Å². The molecule has 0 aromatic heterocycles. The van der Waals surface area contributed by atoms with Gasteiger partial charge in [-0.15, -0.1) is 11.8 Å². The number of hydrogen-bond donors (Lipinski definition) is 1. The molecular formula is C15H22N2OS. The Morgan fingerprint density at radius 2 is 1.89 bits per heavy atom. The van der Waals surface area contributed by atoms with Crippen LogP contribution in [0.25, 0.3) is 0 Å². The number of piperidine rings is 1. The molecule has 3 nitrogen and oxygen atoms in total. The molecule has 0 spiro atoms. The molecule has 0 bridgehead atoms. The highest BCUT2D eigenvalue weighted by molar-refractivity contribution is 8.00. The quantitative estimate of drug-likeness (QED) is 0.840. The van der Waals surface area contributed by atoms with E-state index in [-0.39, 0.29) is 5.91 Å². The lowest BCUT2D eigenvalue weighted by molar-refractivity contribution is -0.129. The molecule has 0 atom stereocenters. The van der Waals surface area contributed by atoms with Gasteiger partial charge < -0.3 is 10.2 Å². The molecule has 0 saturated carbocycles. The lowest BCUT2D eigenvalue weighted by Crippen LogP contribution is -2.36. The topological polar surface area (TPSA) is 32.3 Å². The number of hydrogen-bond acceptors (Lipinski definition) is 3. The molecule has 1 amide bonds. The van der Waals surface area contributed by atoms with Gasteiger partial charge in [-0.1, -0.05) is 12.1 Å². The molecule has 1 aromatic rings. The van der Waals surface area contributed by atoms with Gasteiger partial charge in [-0.3, -0.25) is 4.79 Å². The number of amides is 1. The summed E-state index contributed by atoms with van der Waals surface area (Å²) >= 11 is 1.64. The van der Waals surface area contributed by atoms with Gasteiger partial charge in [0.25, 0.3) is 0 Å². The number of rotatable bonds is 5. The molecule has 4 heteroatoms. The van der Waals surface area contributed by atoms with E-state index in [1.165, 1.54) is 16.9 Å². The van der Waals surface area contributed by atoms with E-state index in [0.29, 0.717) is 5.75 Å². The van der Waals surface area contributed by atoms with Gasteiger partial charge in [-0.05, 0) is 44.0 Å². The van der Waals surface area contributed by atoms with Crippen LogP contribution in [0.4, 0.5) is 0 Å². The normalized spacial score (nSPS) is 15.5. The first-order chi connectivity index (χ1) is 9.29. The van der Waals surface area contributed by atoms with Gasteiger partial charge in [0.15, 0.2) is 0 Å². The SMILES string of the molecule is CNCc1ccc(SCC(=O)N2CCCCC2)cc1. The molecular weight excluding hydrogens is 256 g/mol. The maximum atomic E-state index is 12.0. The van der Waals surface area contributed by atoms with E-state index in [9.17, 15) is 4.79 Å². The highest BCUT2D eigenvalue weighted by atomic mass is 32.2. The van der Waals surface area contributed by atoms with E-state index < -0.39 is 0 Å². The van der Waals surface area contributed by atoms with Crippen LogP contribution in [0, 0.1) is 0 Å². The van der Waals surface area contributed by atoms with Gasteiger partial charge in [0.05, 0.1) is 5.75 Å². The molecule has 2 rings (SSSR count). The average molecular weight is 278 g/mol. The predicted molar refractivity (Wildman–Crippen MR) is 80.4 cm³/mol. The lowest BCUT2D eigenvalue weighted by Gasteiger charge is -2.26. The zero-order valence-electron chi connectivity index (χ0n) is 11.5. The number of likely N-dealkylation sites (tertiary alicyclic amines) is 1.